The van der Waals surface area contributed by atoms with Crippen molar-refractivity contribution in [3.05, 3.63) is 35.4 Å². The molecular weight excluding hydrogens is 298 g/mol. The van der Waals surface area contributed by atoms with Crippen LogP contribution in [0.25, 0.3) is 0 Å². The predicted molar refractivity (Wildman–Crippen MR) is 81.1 cm³/mol. The van der Waals surface area contributed by atoms with E-state index in [9.17, 15) is 13.6 Å². The number of carbonyl (C=O) groups is 1. The third-order valence-electron chi connectivity index (χ3n) is 3.57. The molecule has 1 heterocycles. The van der Waals surface area contributed by atoms with E-state index in [4.69, 9.17) is 0 Å². The Morgan fingerprint density at radius 1 is 1.33 bits per heavy atom. The van der Waals surface area contributed by atoms with Crippen molar-refractivity contribution in [3.8, 4) is 0 Å². The first-order valence-corrected chi connectivity index (χ1v) is 6.97. The van der Waals surface area contributed by atoms with Gasteiger partial charge in [-0.1, -0.05) is 31.2 Å². The highest BCUT2D eigenvalue weighted by Crippen LogP contribution is 2.24. The molecule has 1 aliphatic rings. The van der Waals surface area contributed by atoms with E-state index in [0.717, 1.165) is 12.0 Å². The van der Waals surface area contributed by atoms with Gasteiger partial charge in [-0.25, -0.2) is 8.78 Å². The second kappa shape index (κ2) is 7.71. The van der Waals surface area contributed by atoms with E-state index in [0.29, 0.717) is 13.0 Å². The summed E-state index contributed by atoms with van der Waals surface area (Å²) in [6, 6.07) is 7.43. The molecule has 1 aromatic carbocycles. The first kappa shape index (κ1) is 17.9. The molecule has 1 unspecified atom stereocenters. The van der Waals surface area contributed by atoms with Crippen LogP contribution in [-0.4, -0.2) is 31.0 Å². The summed E-state index contributed by atoms with van der Waals surface area (Å²) in [6.45, 7) is 2.15. The van der Waals surface area contributed by atoms with Crippen LogP contribution < -0.4 is 10.6 Å². The summed E-state index contributed by atoms with van der Waals surface area (Å²) in [5, 5.41) is 5.25. The molecule has 1 aliphatic heterocycles. The molecule has 1 aromatic rings. The third kappa shape index (κ3) is 5.25. The molecule has 3 nitrogen and oxygen atoms in total. The molecule has 0 spiro atoms. The van der Waals surface area contributed by atoms with E-state index >= 15 is 0 Å². The fourth-order valence-corrected chi connectivity index (χ4v) is 2.30. The smallest absolute Gasteiger partial charge is 0.262 e. The van der Waals surface area contributed by atoms with Gasteiger partial charge in [-0.05, 0) is 24.0 Å². The lowest BCUT2D eigenvalue weighted by Crippen LogP contribution is -2.41. The maximum atomic E-state index is 13.0. The number of hydrogen-bond donors (Lipinski definition) is 2. The molecule has 118 valence electrons. The van der Waals surface area contributed by atoms with Gasteiger partial charge in [0.1, 0.15) is 0 Å². The maximum Gasteiger partial charge on any atom is 0.262 e. The Bertz CT molecular complexity index is 465. The molecular formula is C15H21ClF2N2O. The molecule has 2 rings (SSSR count). The fraction of sp³-hybridized carbons (Fsp3) is 0.533. The van der Waals surface area contributed by atoms with Gasteiger partial charge >= 0.3 is 0 Å². The van der Waals surface area contributed by atoms with Gasteiger partial charge in [0.05, 0.1) is 12.6 Å². The van der Waals surface area contributed by atoms with E-state index in [1.54, 1.807) is 0 Å². The fourth-order valence-electron chi connectivity index (χ4n) is 2.30. The van der Waals surface area contributed by atoms with Gasteiger partial charge in [-0.2, -0.15) is 0 Å². The van der Waals surface area contributed by atoms with Crippen molar-refractivity contribution in [2.75, 3.05) is 13.1 Å². The summed E-state index contributed by atoms with van der Waals surface area (Å²) in [6.07, 6.45) is 1.29. The highest BCUT2D eigenvalue weighted by molar-refractivity contribution is 5.85. The first-order chi connectivity index (χ1) is 9.50. The lowest BCUT2D eigenvalue weighted by atomic mass is 10.1. The highest BCUT2D eigenvalue weighted by Gasteiger charge is 2.42. The Morgan fingerprint density at radius 2 is 1.95 bits per heavy atom. The molecule has 0 aromatic heterocycles. The number of alkyl halides is 2. The zero-order valence-electron chi connectivity index (χ0n) is 12.0. The van der Waals surface area contributed by atoms with Crippen LogP contribution in [0.2, 0.25) is 0 Å². The topological polar surface area (TPSA) is 41.1 Å². The molecule has 0 bridgehead atoms. The Labute approximate surface area is 129 Å². The summed E-state index contributed by atoms with van der Waals surface area (Å²) in [5.74, 6) is -3.11. The van der Waals surface area contributed by atoms with E-state index < -0.39 is 24.9 Å². The quantitative estimate of drug-likeness (QED) is 0.875. The molecule has 0 aliphatic carbocycles. The minimum Gasteiger partial charge on any atom is -0.354 e. The summed E-state index contributed by atoms with van der Waals surface area (Å²) >= 11 is 0. The summed E-state index contributed by atoms with van der Waals surface area (Å²) in [4.78, 5) is 11.7. The molecule has 1 atom stereocenters. The largest absolute Gasteiger partial charge is 0.354 e. The lowest BCUT2D eigenvalue weighted by Gasteiger charge is -2.11. The van der Waals surface area contributed by atoms with Crippen LogP contribution >= 0.6 is 12.4 Å². The number of nitrogens with one attached hydrogen (secondary N) is 2. The zero-order chi connectivity index (χ0) is 14.6. The van der Waals surface area contributed by atoms with Crippen molar-refractivity contribution in [2.24, 2.45) is 0 Å². The molecule has 6 heteroatoms. The van der Waals surface area contributed by atoms with E-state index in [2.05, 4.69) is 29.7 Å². The SMILES string of the molecule is CCc1ccc(CCNC(=O)C2CC(F)(F)CN2)cc1.Cl. The van der Waals surface area contributed by atoms with Crippen LogP contribution in [-0.2, 0) is 17.6 Å². The normalized spacial score (nSPS) is 19.9. The van der Waals surface area contributed by atoms with Gasteiger partial charge < -0.3 is 5.32 Å². The summed E-state index contributed by atoms with van der Waals surface area (Å²) in [7, 11) is 0. The van der Waals surface area contributed by atoms with Crippen LogP contribution in [0.4, 0.5) is 8.78 Å². The monoisotopic (exact) mass is 318 g/mol. The number of rotatable bonds is 5. The molecule has 1 amide bonds. The first-order valence-electron chi connectivity index (χ1n) is 6.97. The van der Waals surface area contributed by atoms with Crippen molar-refractivity contribution >= 4 is 18.3 Å². The van der Waals surface area contributed by atoms with E-state index in [1.165, 1.54) is 5.56 Å². The average molecular weight is 319 g/mol. The van der Waals surface area contributed by atoms with Gasteiger partial charge in [0.2, 0.25) is 5.91 Å². The van der Waals surface area contributed by atoms with Gasteiger partial charge in [0, 0.05) is 13.0 Å². The Morgan fingerprint density at radius 3 is 2.48 bits per heavy atom. The maximum absolute atomic E-state index is 13.0. The number of hydrogen-bond acceptors (Lipinski definition) is 2. The zero-order valence-corrected chi connectivity index (χ0v) is 12.8. The molecule has 21 heavy (non-hydrogen) atoms. The van der Waals surface area contributed by atoms with Crippen molar-refractivity contribution in [1.82, 2.24) is 10.6 Å². The van der Waals surface area contributed by atoms with Crippen molar-refractivity contribution in [1.29, 1.82) is 0 Å². The number of aryl methyl sites for hydroxylation is 1. The number of amides is 1. The molecule has 1 saturated heterocycles. The van der Waals surface area contributed by atoms with Crippen LogP contribution in [0.1, 0.15) is 24.5 Å². The molecule has 1 fully saturated rings. The Kier molecular flexibility index (Phi) is 6.55. The van der Waals surface area contributed by atoms with Gasteiger partial charge in [0.25, 0.3) is 5.92 Å². The minimum atomic E-state index is -2.77. The second-order valence-electron chi connectivity index (χ2n) is 5.20. The van der Waals surface area contributed by atoms with Crippen molar-refractivity contribution in [2.45, 2.75) is 38.2 Å². The van der Waals surface area contributed by atoms with Gasteiger partial charge in [0.15, 0.2) is 0 Å². The molecule has 2 N–H and O–H groups in total. The number of benzene rings is 1. The molecule has 0 radical (unpaired) electrons. The van der Waals surface area contributed by atoms with Crippen LogP contribution in [0.3, 0.4) is 0 Å². The summed E-state index contributed by atoms with van der Waals surface area (Å²) in [5.41, 5.74) is 2.40. The van der Waals surface area contributed by atoms with Crippen LogP contribution in [0, 0.1) is 0 Å². The number of halogens is 3. The van der Waals surface area contributed by atoms with Gasteiger partial charge in [-0.3, -0.25) is 10.1 Å². The van der Waals surface area contributed by atoms with Crippen LogP contribution in [0.5, 0.6) is 0 Å². The highest BCUT2D eigenvalue weighted by atomic mass is 35.5. The minimum absolute atomic E-state index is 0. The van der Waals surface area contributed by atoms with Crippen molar-refractivity contribution < 1.29 is 13.6 Å². The van der Waals surface area contributed by atoms with Crippen LogP contribution in [0.15, 0.2) is 24.3 Å². The van der Waals surface area contributed by atoms with Crippen molar-refractivity contribution in [3.63, 3.8) is 0 Å². The Balaban J connectivity index is 0.00000220. The summed E-state index contributed by atoms with van der Waals surface area (Å²) < 4.78 is 25.9. The Hall–Kier alpha value is -1.20. The standard InChI is InChI=1S/C15H20F2N2O.ClH/c1-2-11-3-5-12(6-4-11)7-8-18-14(20)13-9-15(16,17)10-19-13;/h3-6,13,19H,2,7-10H2,1H3,(H,18,20);1H. The number of carbonyl (C=O) groups excluding carboxylic acids is 1. The molecule has 0 saturated carbocycles. The predicted octanol–water partition coefficient (Wildman–Crippen LogP) is 2.33. The van der Waals surface area contributed by atoms with Gasteiger partial charge in [-0.15, -0.1) is 12.4 Å². The third-order valence-corrected chi connectivity index (χ3v) is 3.57. The van der Waals surface area contributed by atoms with E-state index in [1.807, 2.05) is 12.1 Å². The lowest BCUT2D eigenvalue weighted by molar-refractivity contribution is -0.123. The average Bonchev–Trinajstić information content (AvgIpc) is 2.80. The van der Waals surface area contributed by atoms with E-state index in [-0.39, 0.29) is 18.3 Å². The second-order valence-corrected chi connectivity index (χ2v) is 5.20.